The highest BCUT2D eigenvalue weighted by atomic mass is 35.5. The number of halogens is 2. The van der Waals surface area contributed by atoms with E-state index in [2.05, 4.69) is 0 Å². The fraction of sp³-hybridized carbons (Fsp3) is 0.0909. The third-order valence-corrected chi connectivity index (χ3v) is 6.32. The monoisotopic (exact) mass is 443 g/mol. The lowest BCUT2D eigenvalue weighted by Gasteiger charge is -2.16. The van der Waals surface area contributed by atoms with Gasteiger partial charge < -0.3 is 4.42 Å². The van der Waals surface area contributed by atoms with Crippen LogP contribution in [0.5, 0.6) is 0 Å². The molecule has 146 valence electrons. The molecule has 0 aliphatic carbocycles. The maximum atomic E-state index is 13.3. The largest absolute Gasteiger partial charge is 0.468 e. The molecule has 0 unspecified atom stereocenters. The second-order valence-electron chi connectivity index (χ2n) is 6.48. The van der Waals surface area contributed by atoms with Gasteiger partial charge in [0.25, 0.3) is 11.8 Å². The van der Waals surface area contributed by atoms with Crippen molar-refractivity contribution in [3.63, 3.8) is 0 Å². The summed E-state index contributed by atoms with van der Waals surface area (Å²) in [4.78, 5) is 28.1. The van der Waals surface area contributed by atoms with Crippen LogP contribution in [0.25, 0.3) is 5.57 Å². The van der Waals surface area contributed by atoms with E-state index in [-0.39, 0.29) is 16.8 Å². The number of nitrogens with zero attached hydrogens (tertiary/aromatic N) is 1. The van der Waals surface area contributed by atoms with Gasteiger partial charge in [0.2, 0.25) is 0 Å². The van der Waals surface area contributed by atoms with E-state index in [0.717, 1.165) is 16.2 Å². The Bertz CT molecular complexity index is 1120. The molecule has 0 saturated carbocycles. The number of aryl methyl sites for hydroxylation is 1. The molecular formula is C22H15Cl2NO3S. The van der Waals surface area contributed by atoms with Crippen molar-refractivity contribution in [2.24, 2.45) is 0 Å². The predicted octanol–water partition coefficient (Wildman–Crippen LogP) is 6.11. The first-order valence-electron chi connectivity index (χ1n) is 8.76. The summed E-state index contributed by atoms with van der Waals surface area (Å²) in [5.41, 5.74) is 2.51. The first kappa shape index (κ1) is 19.8. The number of hydrogen-bond acceptors (Lipinski definition) is 4. The number of furan rings is 1. The average molecular weight is 444 g/mol. The number of rotatable bonds is 5. The normalized spacial score (nSPS) is 14.2. The topological polar surface area (TPSA) is 50.5 Å². The molecule has 4 rings (SSSR count). The van der Waals surface area contributed by atoms with Crippen molar-refractivity contribution in [1.82, 2.24) is 0 Å². The second kappa shape index (κ2) is 8.11. The number of carbonyl (C=O) groups is 2. The summed E-state index contributed by atoms with van der Waals surface area (Å²) in [5.74, 6) is 0.380. The van der Waals surface area contributed by atoms with Crippen LogP contribution in [-0.4, -0.2) is 11.8 Å². The zero-order chi connectivity index (χ0) is 20.5. The standard InChI is InChI=1S/C22H15Cl2NO3S/c1-13-4-6-14(7-5-13)19-20(29-12-16-3-2-10-28-16)22(27)25(21(19)26)15-8-9-17(23)18(24)11-15/h2-11H,12H2,1H3. The smallest absolute Gasteiger partial charge is 0.272 e. The highest BCUT2D eigenvalue weighted by molar-refractivity contribution is 8.03. The molecule has 2 heterocycles. The summed E-state index contributed by atoms with van der Waals surface area (Å²) in [6, 6.07) is 15.8. The average Bonchev–Trinajstić information content (AvgIpc) is 3.30. The van der Waals surface area contributed by atoms with Crippen LogP contribution in [0.15, 0.2) is 70.2 Å². The van der Waals surface area contributed by atoms with Gasteiger partial charge in [-0.1, -0.05) is 53.0 Å². The Kier molecular flexibility index (Phi) is 5.54. The third kappa shape index (κ3) is 3.86. The quantitative estimate of drug-likeness (QED) is 0.446. The molecule has 3 aromatic rings. The van der Waals surface area contributed by atoms with Crippen LogP contribution >= 0.6 is 35.0 Å². The molecule has 0 N–H and O–H groups in total. The summed E-state index contributed by atoms with van der Waals surface area (Å²) in [7, 11) is 0. The van der Waals surface area contributed by atoms with Gasteiger partial charge in [0.1, 0.15) is 5.76 Å². The minimum atomic E-state index is -0.390. The number of thioether (sulfide) groups is 1. The van der Waals surface area contributed by atoms with Crippen LogP contribution in [0.4, 0.5) is 5.69 Å². The van der Waals surface area contributed by atoms with E-state index < -0.39 is 0 Å². The maximum absolute atomic E-state index is 13.3. The Labute approximate surface area is 182 Å². The van der Waals surface area contributed by atoms with E-state index >= 15 is 0 Å². The van der Waals surface area contributed by atoms with E-state index in [0.29, 0.717) is 32.5 Å². The van der Waals surface area contributed by atoms with Gasteiger partial charge in [0.05, 0.1) is 38.2 Å². The lowest BCUT2D eigenvalue weighted by Crippen LogP contribution is -2.31. The van der Waals surface area contributed by atoms with Crippen LogP contribution in [0, 0.1) is 6.92 Å². The van der Waals surface area contributed by atoms with Crippen molar-refractivity contribution in [3.05, 3.63) is 92.7 Å². The number of amides is 2. The van der Waals surface area contributed by atoms with E-state index in [9.17, 15) is 9.59 Å². The Morgan fingerprint density at radius 3 is 2.38 bits per heavy atom. The van der Waals surface area contributed by atoms with E-state index in [1.165, 1.54) is 17.8 Å². The zero-order valence-corrected chi connectivity index (χ0v) is 17.6. The Morgan fingerprint density at radius 1 is 0.966 bits per heavy atom. The van der Waals surface area contributed by atoms with Crippen LogP contribution in [0.1, 0.15) is 16.9 Å². The summed E-state index contributed by atoms with van der Waals surface area (Å²) in [6.07, 6.45) is 1.58. The van der Waals surface area contributed by atoms with Gasteiger partial charge in [-0.15, -0.1) is 11.8 Å². The van der Waals surface area contributed by atoms with Crippen LogP contribution in [0.2, 0.25) is 10.0 Å². The first-order valence-corrected chi connectivity index (χ1v) is 10.5. The van der Waals surface area contributed by atoms with E-state index in [1.807, 2.05) is 37.3 Å². The molecule has 1 aliphatic rings. The molecule has 0 saturated heterocycles. The summed E-state index contributed by atoms with van der Waals surface area (Å²) in [6.45, 7) is 1.97. The third-order valence-electron chi connectivity index (χ3n) is 4.48. The molecule has 0 atom stereocenters. The highest BCUT2D eigenvalue weighted by Crippen LogP contribution is 2.40. The van der Waals surface area contributed by atoms with Gasteiger partial charge in [-0.2, -0.15) is 0 Å². The molecule has 7 heteroatoms. The molecule has 2 aromatic carbocycles. The van der Waals surface area contributed by atoms with Crippen molar-refractivity contribution in [3.8, 4) is 0 Å². The molecule has 0 bridgehead atoms. The molecule has 0 fully saturated rings. The van der Waals surface area contributed by atoms with Crippen molar-refractivity contribution in [2.75, 3.05) is 4.90 Å². The SMILES string of the molecule is Cc1ccc(C2=C(SCc3ccco3)C(=O)N(c3ccc(Cl)c(Cl)c3)C2=O)cc1. The first-order chi connectivity index (χ1) is 14.0. The zero-order valence-electron chi connectivity index (χ0n) is 15.3. The molecule has 1 aliphatic heterocycles. The molecule has 1 aromatic heterocycles. The molecule has 4 nitrogen and oxygen atoms in total. The molecule has 2 amide bonds. The summed E-state index contributed by atoms with van der Waals surface area (Å²) in [5, 5.41) is 0.631. The van der Waals surface area contributed by atoms with Crippen LogP contribution in [0.3, 0.4) is 0 Å². The highest BCUT2D eigenvalue weighted by Gasteiger charge is 2.40. The predicted molar refractivity (Wildman–Crippen MR) is 117 cm³/mol. The van der Waals surface area contributed by atoms with Gasteiger partial charge in [-0.25, -0.2) is 4.90 Å². The molecule has 29 heavy (non-hydrogen) atoms. The Hall–Kier alpha value is -2.47. The lowest BCUT2D eigenvalue weighted by atomic mass is 10.0. The van der Waals surface area contributed by atoms with Crippen LogP contribution < -0.4 is 4.90 Å². The number of hydrogen-bond donors (Lipinski definition) is 0. The molecule has 0 radical (unpaired) electrons. The molecule has 0 spiro atoms. The Balaban J connectivity index is 1.76. The van der Waals surface area contributed by atoms with Crippen molar-refractivity contribution in [1.29, 1.82) is 0 Å². The minimum Gasteiger partial charge on any atom is -0.468 e. The van der Waals surface area contributed by atoms with E-state index in [4.69, 9.17) is 27.6 Å². The second-order valence-corrected chi connectivity index (χ2v) is 8.28. The van der Waals surface area contributed by atoms with Gasteiger partial charge in [-0.05, 0) is 42.8 Å². The van der Waals surface area contributed by atoms with Crippen LogP contribution in [-0.2, 0) is 15.3 Å². The molecular weight excluding hydrogens is 429 g/mol. The number of carbonyl (C=O) groups excluding carboxylic acids is 2. The van der Waals surface area contributed by atoms with Crippen molar-refractivity contribution in [2.45, 2.75) is 12.7 Å². The number of anilines is 1. The lowest BCUT2D eigenvalue weighted by molar-refractivity contribution is -0.119. The summed E-state index contributed by atoms with van der Waals surface area (Å²) >= 11 is 13.4. The summed E-state index contributed by atoms with van der Waals surface area (Å²) < 4.78 is 5.37. The van der Waals surface area contributed by atoms with Gasteiger partial charge in [0.15, 0.2) is 0 Å². The van der Waals surface area contributed by atoms with Crippen molar-refractivity contribution >= 4 is 58.0 Å². The maximum Gasteiger partial charge on any atom is 0.272 e. The number of benzene rings is 2. The van der Waals surface area contributed by atoms with Crippen molar-refractivity contribution < 1.29 is 14.0 Å². The van der Waals surface area contributed by atoms with E-state index in [1.54, 1.807) is 24.5 Å². The fourth-order valence-electron chi connectivity index (χ4n) is 3.01. The van der Waals surface area contributed by atoms with Gasteiger partial charge >= 0.3 is 0 Å². The van der Waals surface area contributed by atoms with Gasteiger partial charge in [-0.3, -0.25) is 9.59 Å². The fourth-order valence-corrected chi connectivity index (χ4v) is 4.32. The number of imide groups is 1. The Morgan fingerprint density at radius 2 is 1.72 bits per heavy atom. The van der Waals surface area contributed by atoms with Gasteiger partial charge in [0, 0.05) is 0 Å². The minimum absolute atomic E-state index is 0.276.